The van der Waals surface area contributed by atoms with E-state index in [4.69, 9.17) is 4.43 Å². The molecule has 2 atom stereocenters. The Bertz CT molecular complexity index is 663. The van der Waals surface area contributed by atoms with Gasteiger partial charge in [-0.05, 0) is 60.0 Å². The Morgan fingerprint density at radius 1 is 1.21 bits per heavy atom. The van der Waals surface area contributed by atoms with Crippen LogP contribution in [-0.4, -0.2) is 14.4 Å². The predicted octanol–water partition coefficient (Wildman–Crippen LogP) is 6.37. The average molecular weight is 341 g/mol. The zero-order valence-electron chi connectivity index (χ0n) is 16.0. The summed E-state index contributed by atoms with van der Waals surface area (Å²) in [7, 11) is -1.79. The van der Waals surface area contributed by atoms with Crippen LogP contribution in [-0.2, 0) is 10.8 Å². The Balaban J connectivity index is 2.04. The fourth-order valence-corrected chi connectivity index (χ4v) is 5.18. The summed E-state index contributed by atoms with van der Waals surface area (Å²) in [6, 6.07) is 8.91. The van der Waals surface area contributed by atoms with Gasteiger partial charge in [0.1, 0.15) is 0 Å². The number of fused-ring (bicyclic) bond motifs is 1. The summed E-state index contributed by atoms with van der Waals surface area (Å²) in [5.74, 6) is 0.539. The van der Waals surface area contributed by atoms with E-state index >= 15 is 0 Å². The molecule has 2 heteroatoms. The average Bonchev–Trinajstić information content (AvgIpc) is 3.08. The molecule has 1 nitrogen and oxygen atoms in total. The molecule has 130 valence electrons. The lowest BCUT2D eigenvalue weighted by molar-refractivity contribution is 0.238. The van der Waals surface area contributed by atoms with Crippen LogP contribution in [0.1, 0.15) is 51.2 Å². The summed E-state index contributed by atoms with van der Waals surface area (Å²) in [6.07, 6.45) is 7.16. The molecule has 1 aromatic carbocycles. The van der Waals surface area contributed by atoms with Gasteiger partial charge in [-0.25, -0.2) is 0 Å². The number of allylic oxidation sites excluding steroid dienone is 2. The van der Waals surface area contributed by atoms with E-state index in [1.807, 2.05) is 0 Å². The van der Waals surface area contributed by atoms with E-state index < -0.39 is 8.32 Å². The minimum absolute atomic E-state index is 0.235. The molecular weight excluding hydrogens is 308 g/mol. The highest BCUT2D eigenvalue weighted by atomic mass is 28.4. The van der Waals surface area contributed by atoms with E-state index in [1.165, 1.54) is 36.0 Å². The van der Waals surface area contributed by atoms with Gasteiger partial charge in [0.05, 0.1) is 6.10 Å². The molecule has 0 aliphatic heterocycles. The number of hydrogen-bond donors (Lipinski definition) is 0. The van der Waals surface area contributed by atoms with Gasteiger partial charge in [0, 0.05) is 6.42 Å². The van der Waals surface area contributed by atoms with Crippen molar-refractivity contribution in [2.24, 2.45) is 5.92 Å². The maximum absolute atomic E-state index is 6.91. The van der Waals surface area contributed by atoms with Gasteiger partial charge in [-0.15, -0.1) is 6.58 Å². The fraction of sp³-hybridized carbons (Fsp3) is 0.545. The molecule has 0 saturated heterocycles. The molecule has 0 heterocycles. The monoisotopic (exact) mass is 340 g/mol. The minimum atomic E-state index is -1.79. The SMILES string of the molecule is C=CC1CCC/C1=C1\c2ccccc2CC1O[Si](C)(C)C(C)(C)C. The van der Waals surface area contributed by atoms with Crippen molar-refractivity contribution in [3.05, 3.63) is 53.6 Å². The summed E-state index contributed by atoms with van der Waals surface area (Å²) < 4.78 is 6.91. The molecule has 0 aromatic heterocycles. The number of rotatable bonds is 3. The molecule has 1 aromatic rings. The second-order valence-electron chi connectivity index (χ2n) is 8.90. The molecule has 0 spiro atoms. The molecule has 2 unspecified atom stereocenters. The van der Waals surface area contributed by atoms with Crippen LogP contribution in [0.3, 0.4) is 0 Å². The maximum atomic E-state index is 6.91. The molecule has 2 aliphatic rings. The molecular formula is C22H32OSi. The molecule has 1 fully saturated rings. The zero-order chi connectivity index (χ0) is 17.5. The molecule has 24 heavy (non-hydrogen) atoms. The number of hydrogen-bond acceptors (Lipinski definition) is 1. The summed E-state index contributed by atoms with van der Waals surface area (Å²) >= 11 is 0. The second-order valence-corrected chi connectivity index (χ2v) is 13.7. The molecule has 0 N–H and O–H groups in total. The van der Waals surface area contributed by atoms with Crippen LogP contribution in [0, 0.1) is 5.92 Å². The Labute approximate surface area is 148 Å². The van der Waals surface area contributed by atoms with Crippen LogP contribution in [0.15, 0.2) is 42.5 Å². The lowest BCUT2D eigenvalue weighted by Crippen LogP contribution is -2.44. The Hall–Kier alpha value is -1.12. The lowest BCUT2D eigenvalue weighted by atomic mass is 9.93. The van der Waals surface area contributed by atoms with Crippen molar-refractivity contribution in [2.45, 2.75) is 70.7 Å². The minimum Gasteiger partial charge on any atom is -0.410 e. The van der Waals surface area contributed by atoms with Crippen LogP contribution in [0.2, 0.25) is 18.1 Å². The van der Waals surface area contributed by atoms with E-state index in [2.05, 4.69) is 70.8 Å². The third kappa shape index (κ3) is 3.06. The summed E-state index contributed by atoms with van der Waals surface area (Å²) in [5.41, 5.74) is 5.99. The maximum Gasteiger partial charge on any atom is 0.192 e. The summed E-state index contributed by atoms with van der Waals surface area (Å²) in [6.45, 7) is 15.8. The smallest absolute Gasteiger partial charge is 0.192 e. The van der Waals surface area contributed by atoms with E-state index in [0.717, 1.165) is 6.42 Å². The van der Waals surface area contributed by atoms with Gasteiger partial charge < -0.3 is 4.43 Å². The van der Waals surface area contributed by atoms with Crippen molar-refractivity contribution in [3.63, 3.8) is 0 Å². The van der Waals surface area contributed by atoms with Gasteiger partial charge in [0.15, 0.2) is 8.32 Å². The van der Waals surface area contributed by atoms with Crippen molar-refractivity contribution in [1.82, 2.24) is 0 Å². The van der Waals surface area contributed by atoms with Gasteiger partial charge in [-0.1, -0.05) is 56.7 Å². The van der Waals surface area contributed by atoms with Crippen LogP contribution >= 0.6 is 0 Å². The van der Waals surface area contributed by atoms with Crippen molar-refractivity contribution in [1.29, 1.82) is 0 Å². The molecule has 0 amide bonds. The standard InChI is InChI=1S/C22H32OSi/c1-7-16-12-10-14-18(16)21-19-13-9-8-11-17(19)15-20(21)23-24(5,6)22(2,3)4/h7-9,11,13,16,20H,1,10,12,14-15H2,2-6H3/b21-18-. The fourth-order valence-electron chi connectivity index (χ4n) is 3.92. The van der Waals surface area contributed by atoms with Crippen molar-refractivity contribution >= 4 is 13.9 Å². The van der Waals surface area contributed by atoms with Crippen molar-refractivity contribution in [2.75, 3.05) is 0 Å². The van der Waals surface area contributed by atoms with Crippen LogP contribution in [0.5, 0.6) is 0 Å². The highest BCUT2D eigenvalue weighted by molar-refractivity contribution is 6.74. The topological polar surface area (TPSA) is 9.23 Å². The zero-order valence-corrected chi connectivity index (χ0v) is 17.0. The molecule has 0 radical (unpaired) electrons. The normalized spacial score (nSPS) is 27.4. The lowest BCUT2D eigenvalue weighted by Gasteiger charge is -2.39. The van der Waals surface area contributed by atoms with Gasteiger partial charge >= 0.3 is 0 Å². The summed E-state index contributed by atoms with van der Waals surface area (Å²) in [5, 5.41) is 0.241. The van der Waals surface area contributed by atoms with E-state index in [9.17, 15) is 0 Å². The molecule has 1 saturated carbocycles. The second kappa shape index (κ2) is 6.31. The highest BCUT2D eigenvalue weighted by Crippen LogP contribution is 2.47. The van der Waals surface area contributed by atoms with Crippen LogP contribution < -0.4 is 0 Å². The molecule has 2 aliphatic carbocycles. The first kappa shape index (κ1) is 17.7. The third-order valence-corrected chi connectivity index (χ3v) is 10.8. The van der Waals surface area contributed by atoms with Gasteiger partial charge in [-0.3, -0.25) is 0 Å². The van der Waals surface area contributed by atoms with E-state index in [0.29, 0.717) is 5.92 Å². The van der Waals surface area contributed by atoms with Gasteiger partial charge in [0.2, 0.25) is 0 Å². The largest absolute Gasteiger partial charge is 0.410 e. The van der Waals surface area contributed by atoms with E-state index in [-0.39, 0.29) is 11.1 Å². The Morgan fingerprint density at radius 2 is 1.92 bits per heavy atom. The third-order valence-electron chi connectivity index (χ3n) is 6.32. The molecule has 0 bridgehead atoms. The highest BCUT2D eigenvalue weighted by Gasteiger charge is 2.42. The van der Waals surface area contributed by atoms with E-state index in [1.54, 1.807) is 5.57 Å². The first-order chi connectivity index (χ1) is 11.2. The summed E-state index contributed by atoms with van der Waals surface area (Å²) in [4.78, 5) is 0. The quantitative estimate of drug-likeness (QED) is 0.458. The number of benzene rings is 1. The first-order valence-electron chi connectivity index (χ1n) is 9.36. The van der Waals surface area contributed by atoms with Crippen LogP contribution in [0.25, 0.3) is 5.57 Å². The van der Waals surface area contributed by atoms with Crippen molar-refractivity contribution in [3.8, 4) is 0 Å². The van der Waals surface area contributed by atoms with Gasteiger partial charge in [0.25, 0.3) is 0 Å². The predicted molar refractivity (Wildman–Crippen MR) is 107 cm³/mol. The van der Waals surface area contributed by atoms with Gasteiger partial charge in [-0.2, -0.15) is 0 Å². The van der Waals surface area contributed by atoms with Crippen LogP contribution in [0.4, 0.5) is 0 Å². The molecule has 3 rings (SSSR count). The Kier molecular flexibility index (Phi) is 4.65. The first-order valence-corrected chi connectivity index (χ1v) is 12.3. The van der Waals surface area contributed by atoms with Crippen molar-refractivity contribution < 1.29 is 4.43 Å². The Morgan fingerprint density at radius 3 is 2.58 bits per heavy atom.